The maximum atomic E-state index is 12.0. The number of hydrogen-bond donors (Lipinski definition) is 2. The highest BCUT2D eigenvalue weighted by atomic mass is 32.1. The van der Waals surface area contributed by atoms with Gasteiger partial charge >= 0.3 is 0 Å². The molecule has 2 aromatic rings. The Kier molecular flexibility index (Phi) is 4.08. The third kappa shape index (κ3) is 3.34. The summed E-state index contributed by atoms with van der Waals surface area (Å²) in [5, 5.41) is 4.83. The molecule has 0 saturated heterocycles. The van der Waals surface area contributed by atoms with Crippen molar-refractivity contribution in [3.05, 3.63) is 46.2 Å². The number of benzene rings is 1. The van der Waals surface area contributed by atoms with Crippen LogP contribution in [-0.4, -0.2) is 18.7 Å². The van der Waals surface area contributed by atoms with Gasteiger partial charge in [-0.05, 0) is 29.1 Å². The number of amides is 1. The van der Waals surface area contributed by atoms with Crippen LogP contribution in [0.1, 0.15) is 10.4 Å². The number of carbonyl (C=O) groups is 1. The van der Waals surface area contributed by atoms with Crippen molar-refractivity contribution in [3.8, 4) is 11.5 Å². The van der Waals surface area contributed by atoms with Crippen LogP contribution in [0.25, 0.3) is 0 Å². The second kappa shape index (κ2) is 6.15. The van der Waals surface area contributed by atoms with Gasteiger partial charge in [-0.25, -0.2) is 0 Å². The van der Waals surface area contributed by atoms with Gasteiger partial charge in [0.2, 0.25) is 12.7 Å². The highest BCUT2D eigenvalue weighted by Crippen LogP contribution is 2.32. The quantitative estimate of drug-likeness (QED) is 0.881. The molecule has 1 aliphatic heterocycles. The molecule has 1 atom stereocenters. The lowest BCUT2D eigenvalue weighted by molar-refractivity contribution is -0.122. The number of nitrogens with one attached hydrogen (secondary N) is 1. The molecule has 0 saturated carbocycles. The number of hydrogen-bond acceptors (Lipinski definition) is 5. The van der Waals surface area contributed by atoms with Crippen LogP contribution in [0.15, 0.2) is 35.7 Å². The highest BCUT2D eigenvalue weighted by molar-refractivity contribution is 7.09. The van der Waals surface area contributed by atoms with E-state index in [9.17, 15) is 4.79 Å². The number of carbonyl (C=O) groups excluding carboxylic acids is 1. The molecule has 5 nitrogen and oxygen atoms in total. The SMILES string of the molecule is N[C@H](Cc1cccs1)C(=O)NCc1ccc2c(c1)OCO2. The van der Waals surface area contributed by atoms with E-state index in [1.54, 1.807) is 11.3 Å². The minimum absolute atomic E-state index is 0.152. The molecule has 3 N–H and O–H groups in total. The lowest BCUT2D eigenvalue weighted by atomic mass is 10.1. The monoisotopic (exact) mass is 304 g/mol. The third-order valence-corrected chi connectivity index (χ3v) is 4.14. The van der Waals surface area contributed by atoms with E-state index >= 15 is 0 Å². The van der Waals surface area contributed by atoms with Crippen LogP contribution in [0.3, 0.4) is 0 Å². The Bertz CT molecular complexity index is 628. The average molecular weight is 304 g/mol. The first kappa shape index (κ1) is 13.9. The van der Waals surface area contributed by atoms with E-state index in [0.717, 1.165) is 16.2 Å². The van der Waals surface area contributed by atoms with E-state index in [4.69, 9.17) is 15.2 Å². The van der Waals surface area contributed by atoms with Crippen molar-refractivity contribution in [2.75, 3.05) is 6.79 Å². The maximum Gasteiger partial charge on any atom is 0.237 e. The number of thiophene rings is 1. The van der Waals surface area contributed by atoms with Gasteiger partial charge in [0.15, 0.2) is 11.5 Å². The van der Waals surface area contributed by atoms with Crippen LogP contribution in [0.2, 0.25) is 0 Å². The van der Waals surface area contributed by atoms with Crippen molar-refractivity contribution >= 4 is 17.2 Å². The van der Waals surface area contributed by atoms with Gasteiger partial charge in [0.1, 0.15) is 0 Å². The summed E-state index contributed by atoms with van der Waals surface area (Å²) in [6, 6.07) is 9.02. The van der Waals surface area contributed by atoms with Crippen LogP contribution in [0.4, 0.5) is 0 Å². The molecular weight excluding hydrogens is 288 g/mol. The Balaban J connectivity index is 1.53. The number of rotatable bonds is 5. The van der Waals surface area contributed by atoms with Gasteiger partial charge in [0.05, 0.1) is 6.04 Å². The molecule has 110 valence electrons. The fourth-order valence-corrected chi connectivity index (χ4v) is 2.87. The molecule has 3 rings (SSSR count). The van der Waals surface area contributed by atoms with Gasteiger partial charge in [-0.2, -0.15) is 0 Å². The number of fused-ring (bicyclic) bond motifs is 1. The molecule has 1 aromatic heterocycles. The summed E-state index contributed by atoms with van der Waals surface area (Å²) in [7, 11) is 0. The summed E-state index contributed by atoms with van der Waals surface area (Å²) in [4.78, 5) is 13.1. The van der Waals surface area contributed by atoms with Gasteiger partial charge in [0.25, 0.3) is 0 Å². The molecule has 21 heavy (non-hydrogen) atoms. The van der Waals surface area contributed by atoms with Crippen molar-refractivity contribution < 1.29 is 14.3 Å². The molecule has 0 radical (unpaired) electrons. The predicted octanol–water partition coefficient (Wildman–Crippen LogP) is 1.66. The van der Waals surface area contributed by atoms with E-state index in [-0.39, 0.29) is 12.7 Å². The molecule has 2 heterocycles. The summed E-state index contributed by atoms with van der Waals surface area (Å²) in [5.74, 6) is 1.30. The first-order valence-electron chi connectivity index (χ1n) is 6.66. The van der Waals surface area contributed by atoms with Crippen LogP contribution in [0.5, 0.6) is 11.5 Å². The van der Waals surface area contributed by atoms with Gasteiger partial charge < -0.3 is 20.5 Å². The smallest absolute Gasteiger partial charge is 0.237 e. The van der Waals surface area contributed by atoms with Crippen molar-refractivity contribution in [1.29, 1.82) is 0 Å². The van der Waals surface area contributed by atoms with E-state index in [2.05, 4.69) is 5.32 Å². The second-order valence-corrected chi connectivity index (χ2v) is 5.83. The minimum atomic E-state index is -0.530. The first-order valence-corrected chi connectivity index (χ1v) is 7.54. The Labute approximate surface area is 126 Å². The molecule has 0 spiro atoms. The molecule has 1 aromatic carbocycles. The standard InChI is InChI=1S/C15H16N2O3S/c16-12(7-11-2-1-5-21-11)15(18)17-8-10-3-4-13-14(6-10)20-9-19-13/h1-6,12H,7-9,16H2,(H,17,18)/t12-/m1/s1. The van der Waals surface area contributed by atoms with Gasteiger partial charge in [0, 0.05) is 17.8 Å². The molecule has 1 amide bonds. The van der Waals surface area contributed by atoms with Crippen molar-refractivity contribution in [2.24, 2.45) is 5.73 Å². The second-order valence-electron chi connectivity index (χ2n) is 4.80. The summed E-state index contributed by atoms with van der Waals surface area (Å²) in [5.41, 5.74) is 6.87. The van der Waals surface area contributed by atoms with Crippen LogP contribution >= 0.6 is 11.3 Å². The van der Waals surface area contributed by atoms with E-state index in [1.165, 1.54) is 0 Å². The predicted molar refractivity (Wildman–Crippen MR) is 80.4 cm³/mol. The lowest BCUT2D eigenvalue weighted by Gasteiger charge is -2.11. The Morgan fingerprint density at radius 1 is 1.33 bits per heavy atom. The summed E-state index contributed by atoms with van der Waals surface area (Å²) < 4.78 is 10.6. The first-order chi connectivity index (χ1) is 10.2. The molecule has 0 unspecified atom stereocenters. The number of nitrogens with two attached hydrogens (primary N) is 1. The van der Waals surface area contributed by atoms with Gasteiger partial charge in [-0.1, -0.05) is 12.1 Å². The lowest BCUT2D eigenvalue weighted by Crippen LogP contribution is -2.41. The normalized spacial score (nSPS) is 14.0. The summed E-state index contributed by atoms with van der Waals surface area (Å²) in [6.45, 7) is 0.671. The zero-order chi connectivity index (χ0) is 14.7. The fourth-order valence-electron chi connectivity index (χ4n) is 2.11. The van der Waals surface area contributed by atoms with Crippen molar-refractivity contribution in [1.82, 2.24) is 5.32 Å². The van der Waals surface area contributed by atoms with E-state index in [0.29, 0.717) is 18.7 Å². The van der Waals surface area contributed by atoms with Gasteiger partial charge in [-0.3, -0.25) is 4.79 Å². The molecule has 0 aliphatic carbocycles. The summed E-state index contributed by atoms with van der Waals surface area (Å²) >= 11 is 1.61. The Morgan fingerprint density at radius 2 is 2.19 bits per heavy atom. The molecule has 0 fully saturated rings. The van der Waals surface area contributed by atoms with E-state index in [1.807, 2.05) is 35.7 Å². The minimum Gasteiger partial charge on any atom is -0.454 e. The van der Waals surface area contributed by atoms with Gasteiger partial charge in [-0.15, -0.1) is 11.3 Å². The summed E-state index contributed by atoms with van der Waals surface area (Å²) in [6.07, 6.45) is 0.560. The number of ether oxygens (including phenoxy) is 2. The molecule has 6 heteroatoms. The van der Waals surface area contributed by atoms with Crippen molar-refractivity contribution in [3.63, 3.8) is 0 Å². The van der Waals surface area contributed by atoms with Crippen LogP contribution < -0.4 is 20.5 Å². The molecule has 0 bridgehead atoms. The molecular formula is C15H16N2O3S. The maximum absolute atomic E-state index is 12.0. The van der Waals surface area contributed by atoms with Crippen molar-refractivity contribution in [2.45, 2.75) is 19.0 Å². The zero-order valence-electron chi connectivity index (χ0n) is 11.4. The topological polar surface area (TPSA) is 73.6 Å². The molecule has 1 aliphatic rings. The van der Waals surface area contributed by atoms with Crippen LogP contribution in [0, 0.1) is 0 Å². The van der Waals surface area contributed by atoms with E-state index < -0.39 is 6.04 Å². The third-order valence-electron chi connectivity index (χ3n) is 3.24. The Hall–Kier alpha value is -2.05. The largest absolute Gasteiger partial charge is 0.454 e. The average Bonchev–Trinajstić information content (AvgIpc) is 3.14. The Morgan fingerprint density at radius 3 is 3.00 bits per heavy atom. The van der Waals surface area contributed by atoms with Crippen LogP contribution in [-0.2, 0) is 17.8 Å². The zero-order valence-corrected chi connectivity index (χ0v) is 12.2. The fraction of sp³-hybridized carbons (Fsp3) is 0.267. The highest BCUT2D eigenvalue weighted by Gasteiger charge is 2.16.